The van der Waals surface area contributed by atoms with Gasteiger partial charge in [-0.1, -0.05) is 18.2 Å². The zero-order valence-electron chi connectivity index (χ0n) is 15.4. The summed E-state index contributed by atoms with van der Waals surface area (Å²) in [7, 11) is 1.24. The molecule has 0 aliphatic heterocycles. The van der Waals surface area contributed by atoms with Gasteiger partial charge in [-0.3, -0.25) is 14.9 Å². The number of methoxy groups -OCH3 is 1. The highest BCUT2D eigenvalue weighted by Gasteiger charge is 2.21. The fraction of sp³-hybridized carbons (Fsp3) is 0.263. The van der Waals surface area contributed by atoms with Crippen molar-refractivity contribution in [1.29, 1.82) is 0 Å². The highest BCUT2D eigenvalue weighted by Crippen LogP contribution is 2.19. The topological polar surface area (TPSA) is 111 Å². The molecule has 0 aliphatic carbocycles. The normalized spacial score (nSPS) is 11.5. The Labute approximate surface area is 160 Å². The minimum Gasteiger partial charge on any atom is -0.468 e. The van der Waals surface area contributed by atoms with Crippen LogP contribution in [0.3, 0.4) is 0 Å². The Kier molecular flexibility index (Phi) is 7.16. The Morgan fingerprint density at radius 3 is 2.64 bits per heavy atom. The Morgan fingerprint density at radius 1 is 1.25 bits per heavy atom. The second kappa shape index (κ2) is 9.56. The van der Waals surface area contributed by atoms with E-state index in [-0.39, 0.29) is 30.4 Å². The minimum absolute atomic E-state index is 0.0103. The third-order valence-corrected chi connectivity index (χ3v) is 3.99. The molecular weight excluding hydrogens is 369 g/mol. The molecular formula is C19H20FN3O5. The monoisotopic (exact) mass is 389 g/mol. The number of amides is 1. The molecule has 2 N–H and O–H groups in total. The quantitative estimate of drug-likeness (QED) is 0.408. The number of esters is 1. The largest absolute Gasteiger partial charge is 0.468 e. The number of halogens is 1. The van der Waals surface area contributed by atoms with Gasteiger partial charge in [0.25, 0.3) is 5.69 Å². The van der Waals surface area contributed by atoms with E-state index in [4.69, 9.17) is 4.74 Å². The Balaban J connectivity index is 1.97. The second-order valence-corrected chi connectivity index (χ2v) is 6.02. The first kappa shape index (κ1) is 21.0. The fourth-order valence-corrected chi connectivity index (χ4v) is 2.55. The lowest BCUT2D eigenvalue weighted by Gasteiger charge is -2.17. The SMILES string of the molecule is COC(=O)[C@@H](NCCC(=O)Nc1cccc([N+](=O)[O-])c1)c1ccc(F)c(C)c1. The molecule has 0 saturated heterocycles. The molecule has 2 aromatic rings. The third kappa shape index (κ3) is 5.58. The van der Waals surface area contributed by atoms with Gasteiger partial charge in [0.15, 0.2) is 0 Å². The summed E-state index contributed by atoms with van der Waals surface area (Å²) in [5.41, 5.74) is 1.08. The van der Waals surface area contributed by atoms with Crippen LogP contribution in [0.5, 0.6) is 0 Å². The van der Waals surface area contributed by atoms with Gasteiger partial charge in [0, 0.05) is 30.8 Å². The predicted molar refractivity (Wildman–Crippen MR) is 100 cm³/mol. The molecule has 8 nitrogen and oxygen atoms in total. The minimum atomic E-state index is -0.852. The van der Waals surface area contributed by atoms with E-state index in [1.807, 2.05) is 0 Å². The summed E-state index contributed by atoms with van der Waals surface area (Å²) in [6.07, 6.45) is 0.0103. The summed E-state index contributed by atoms with van der Waals surface area (Å²) in [5, 5.41) is 16.2. The van der Waals surface area contributed by atoms with Crippen LogP contribution in [0.2, 0.25) is 0 Å². The number of nitro benzene ring substituents is 1. The molecule has 0 spiro atoms. The first-order valence-electron chi connectivity index (χ1n) is 8.43. The average molecular weight is 389 g/mol. The number of carbonyl (C=O) groups excluding carboxylic acids is 2. The first-order valence-corrected chi connectivity index (χ1v) is 8.43. The molecule has 2 aromatic carbocycles. The number of rotatable bonds is 8. The van der Waals surface area contributed by atoms with Gasteiger partial charge in [0.2, 0.25) is 5.91 Å². The van der Waals surface area contributed by atoms with Crippen molar-refractivity contribution in [2.45, 2.75) is 19.4 Å². The maximum Gasteiger partial charge on any atom is 0.327 e. The molecule has 9 heteroatoms. The summed E-state index contributed by atoms with van der Waals surface area (Å²) in [6.45, 7) is 1.72. The van der Waals surface area contributed by atoms with Gasteiger partial charge in [-0.2, -0.15) is 0 Å². The van der Waals surface area contributed by atoms with Crippen LogP contribution in [0.25, 0.3) is 0 Å². The molecule has 28 heavy (non-hydrogen) atoms. The number of nitro groups is 1. The highest BCUT2D eigenvalue weighted by atomic mass is 19.1. The van der Waals surface area contributed by atoms with E-state index in [1.165, 1.54) is 49.6 Å². The zero-order valence-corrected chi connectivity index (χ0v) is 15.4. The van der Waals surface area contributed by atoms with Gasteiger partial charge in [0.05, 0.1) is 12.0 Å². The molecule has 0 aromatic heterocycles. The number of nitrogens with one attached hydrogen (secondary N) is 2. The Hall–Kier alpha value is -3.33. The van der Waals surface area contributed by atoms with Crippen molar-refractivity contribution < 1.29 is 23.6 Å². The van der Waals surface area contributed by atoms with E-state index in [2.05, 4.69) is 10.6 Å². The number of ether oxygens (including phenoxy) is 1. The molecule has 1 amide bonds. The summed E-state index contributed by atoms with van der Waals surface area (Å²) < 4.78 is 18.2. The average Bonchev–Trinajstić information content (AvgIpc) is 2.67. The van der Waals surface area contributed by atoms with Gasteiger partial charge in [-0.25, -0.2) is 9.18 Å². The summed E-state index contributed by atoms with van der Waals surface area (Å²) in [4.78, 5) is 34.3. The highest BCUT2D eigenvalue weighted by molar-refractivity contribution is 5.91. The molecule has 0 aliphatic rings. The number of carbonyl (C=O) groups is 2. The Bertz CT molecular complexity index is 888. The molecule has 0 heterocycles. The van der Waals surface area contributed by atoms with Crippen molar-refractivity contribution >= 4 is 23.3 Å². The summed E-state index contributed by atoms with van der Waals surface area (Å²) >= 11 is 0. The van der Waals surface area contributed by atoms with Crippen molar-refractivity contribution in [1.82, 2.24) is 5.32 Å². The van der Waals surface area contributed by atoms with Crippen LogP contribution in [-0.2, 0) is 14.3 Å². The van der Waals surface area contributed by atoms with Crippen LogP contribution >= 0.6 is 0 Å². The fourth-order valence-electron chi connectivity index (χ4n) is 2.55. The number of hydrogen-bond donors (Lipinski definition) is 2. The number of non-ortho nitro benzene ring substituents is 1. The number of aryl methyl sites for hydroxylation is 1. The molecule has 0 saturated carbocycles. The molecule has 148 valence electrons. The van der Waals surface area contributed by atoms with Crippen molar-refractivity contribution in [3.8, 4) is 0 Å². The van der Waals surface area contributed by atoms with Crippen molar-refractivity contribution in [3.63, 3.8) is 0 Å². The molecule has 0 unspecified atom stereocenters. The van der Waals surface area contributed by atoms with E-state index in [0.29, 0.717) is 16.8 Å². The third-order valence-electron chi connectivity index (χ3n) is 3.99. The van der Waals surface area contributed by atoms with Crippen LogP contribution < -0.4 is 10.6 Å². The summed E-state index contributed by atoms with van der Waals surface area (Å²) in [5.74, 6) is -1.33. The molecule has 1 atom stereocenters. The lowest BCUT2D eigenvalue weighted by molar-refractivity contribution is -0.384. The van der Waals surface area contributed by atoms with Crippen molar-refractivity contribution in [2.24, 2.45) is 0 Å². The molecule has 2 rings (SSSR count). The lowest BCUT2D eigenvalue weighted by Crippen LogP contribution is -2.32. The molecule has 0 fully saturated rings. The van der Waals surface area contributed by atoms with E-state index in [0.717, 1.165) is 0 Å². The number of nitrogens with zero attached hydrogens (tertiary/aromatic N) is 1. The van der Waals surface area contributed by atoms with Gasteiger partial charge in [-0.15, -0.1) is 0 Å². The van der Waals surface area contributed by atoms with Crippen LogP contribution in [0, 0.1) is 22.9 Å². The van der Waals surface area contributed by atoms with Crippen LogP contribution in [-0.4, -0.2) is 30.5 Å². The van der Waals surface area contributed by atoms with Gasteiger partial charge >= 0.3 is 5.97 Å². The Morgan fingerprint density at radius 2 is 2.00 bits per heavy atom. The van der Waals surface area contributed by atoms with Crippen molar-refractivity contribution in [3.05, 3.63) is 69.5 Å². The van der Waals surface area contributed by atoms with E-state index in [1.54, 1.807) is 6.92 Å². The maximum atomic E-state index is 13.5. The first-order chi connectivity index (χ1) is 13.3. The zero-order chi connectivity index (χ0) is 20.7. The maximum absolute atomic E-state index is 13.5. The molecule has 0 bridgehead atoms. The standard InChI is InChI=1S/C19H20FN3O5/c1-12-10-13(6-7-16(12)20)18(19(25)28-2)21-9-8-17(24)22-14-4-3-5-15(11-14)23(26)27/h3-7,10-11,18,21H,8-9H2,1-2H3,(H,22,24)/t18-/m0/s1. The second-order valence-electron chi connectivity index (χ2n) is 6.02. The van der Waals surface area contributed by atoms with Crippen molar-refractivity contribution in [2.75, 3.05) is 19.0 Å². The summed E-state index contributed by atoms with van der Waals surface area (Å²) in [6, 6.07) is 9.00. The van der Waals surface area contributed by atoms with Gasteiger partial charge in [-0.05, 0) is 30.2 Å². The van der Waals surface area contributed by atoms with E-state index in [9.17, 15) is 24.1 Å². The van der Waals surface area contributed by atoms with Crippen LogP contribution in [0.4, 0.5) is 15.8 Å². The van der Waals surface area contributed by atoms with Crippen LogP contribution in [0.1, 0.15) is 23.6 Å². The smallest absolute Gasteiger partial charge is 0.327 e. The number of benzene rings is 2. The lowest BCUT2D eigenvalue weighted by atomic mass is 10.0. The van der Waals surface area contributed by atoms with Crippen LogP contribution in [0.15, 0.2) is 42.5 Å². The number of hydrogen-bond acceptors (Lipinski definition) is 6. The van der Waals surface area contributed by atoms with E-state index >= 15 is 0 Å². The molecule has 0 radical (unpaired) electrons. The predicted octanol–water partition coefficient (Wildman–Crippen LogP) is 2.87. The van der Waals surface area contributed by atoms with Gasteiger partial charge in [0.1, 0.15) is 11.9 Å². The number of anilines is 1. The van der Waals surface area contributed by atoms with E-state index < -0.39 is 16.9 Å². The van der Waals surface area contributed by atoms with Gasteiger partial charge < -0.3 is 15.4 Å².